The first-order chi connectivity index (χ1) is 13.8. The number of nitrogens with zero attached hydrogens (tertiary/aromatic N) is 2. The van der Waals surface area contributed by atoms with Gasteiger partial charge in [0.15, 0.2) is 5.82 Å². The largest absolute Gasteiger partial charge is 0.443 e. The molecular formula is C19H24FN5O4. The van der Waals surface area contributed by atoms with Gasteiger partial charge in [-0.1, -0.05) is 5.16 Å². The van der Waals surface area contributed by atoms with Crippen molar-refractivity contribution in [3.05, 3.63) is 29.3 Å². The van der Waals surface area contributed by atoms with Crippen molar-refractivity contribution in [2.75, 3.05) is 5.32 Å². The van der Waals surface area contributed by atoms with Crippen LogP contribution in [-0.2, 0) is 16.0 Å². The lowest BCUT2D eigenvalue weighted by Gasteiger charge is -2.17. The van der Waals surface area contributed by atoms with E-state index in [9.17, 15) is 14.0 Å². The first-order valence-corrected chi connectivity index (χ1v) is 9.70. The summed E-state index contributed by atoms with van der Waals surface area (Å²) in [7, 11) is 0. The van der Waals surface area contributed by atoms with Crippen molar-refractivity contribution in [1.29, 1.82) is 0 Å². The highest BCUT2D eigenvalue weighted by molar-refractivity contribution is 5.91. The minimum absolute atomic E-state index is 0.0446. The molecule has 2 amide bonds. The van der Waals surface area contributed by atoms with Crippen LogP contribution < -0.4 is 10.6 Å². The first-order valence-electron chi connectivity index (χ1n) is 9.70. The van der Waals surface area contributed by atoms with E-state index < -0.39 is 18.4 Å². The minimum Gasteiger partial charge on any atom is -0.443 e. The van der Waals surface area contributed by atoms with Gasteiger partial charge in [-0.2, -0.15) is 5.10 Å². The number of alkyl carbamates (subject to hydrolysis) is 1. The Kier molecular flexibility index (Phi) is 5.01. The summed E-state index contributed by atoms with van der Waals surface area (Å²) in [5.74, 6) is 0.348. The highest BCUT2D eigenvalue weighted by Gasteiger charge is 2.42. The zero-order chi connectivity index (χ0) is 20.6. The quantitative estimate of drug-likeness (QED) is 0.679. The van der Waals surface area contributed by atoms with Crippen molar-refractivity contribution in [3.63, 3.8) is 0 Å². The third-order valence-corrected chi connectivity index (χ3v) is 5.41. The summed E-state index contributed by atoms with van der Waals surface area (Å²) in [6.07, 6.45) is -0.158. The van der Waals surface area contributed by atoms with Crippen molar-refractivity contribution in [2.24, 2.45) is 0 Å². The first kappa shape index (κ1) is 19.4. The summed E-state index contributed by atoms with van der Waals surface area (Å²) >= 11 is 0. The van der Waals surface area contributed by atoms with Crippen LogP contribution >= 0.6 is 0 Å². The number of hydrogen-bond acceptors (Lipinski definition) is 6. The van der Waals surface area contributed by atoms with Crippen molar-refractivity contribution in [2.45, 2.75) is 69.7 Å². The number of rotatable bonds is 6. The number of carbonyl (C=O) groups is 2. The molecule has 3 N–H and O–H groups in total. The maximum absolute atomic E-state index is 14.4. The van der Waals surface area contributed by atoms with E-state index in [0.717, 1.165) is 12.8 Å². The number of ether oxygens (including phenoxy) is 1. The lowest BCUT2D eigenvalue weighted by atomic mass is 10.0. The van der Waals surface area contributed by atoms with Crippen molar-refractivity contribution >= 4 is 17.8 Å². The van der Waals surface area contributed by atoms with Crippen molar-refractivity contribution in [1.82, 2.24) is 20.7 Å². The number of amides is 2. The second-order valence-electron chi connectivity index (χ2n) is 8.18. The van der Waals surface area contributed by atoms with Crippen LogP contribution in [0.5, 0.6) is 0 Å². The molecule has 2 heterocycles. The Balaban J connectivity index is 1.29. The van der Waals surface area contributed by atoms with E-state index in [4.69, 9.17) is 9.26 Å². The summed E-state index contributed by atoms with van der Waals surface area (Å²) < 4.78 is 24.7. The van der Waals surface area contributed by atoms with Gasteiger partial charge >= 0.3 is 6.09 Å². The van der Waals surface area contributed by atoms with E-state index in [1.807, 2.05) is 6.92 Å². The van der Waals surface area contributed by atoms with Gasteiger partial charge in [-0.3, -0.25) is 9.89 Å². The lowest BCUT2D eigenvalue weighted by molar-refractivity contribution is -0.115. The van der Waals surface area contributed by atoms with Gasteiger partial charge in [-0.25, -0.2) is 9.18 Å². The number of aromatic amines is 1. The third kappa shape index (κ3) is 4.75. The Morgan fingerprint density at radius 1 is 1.38 bits per heavy atom. The molecule has 2 aromatic rings. The molecule has 0 radical (unpaired) electrons. The van der Waals surface area contributed by atoms with Crippen LogP contribution in [-0.4, -0.2) is 45.2 Å². The van der Waals surface area contributed by atoms with Gasteiger partial charge in [-0.05, 0) is 39.5 Å². The van der Waals surface area contributed by atoms with Crippen LogP contribution in [0.3, 0.4) is 0 Å². The Bertz CT molecular complexity index is 906. The summed E-state index contributed by atoms with van der Waals surface area (Å²) in [6.45, 7) is 3.71. The molecule has 0 spiro atoms. The number of H-pyrrole nitrogens is 1. The minimum atomic E-state index is -1.24. The third-order valence-electron chi connectivity index (χ3n) is 5.41. The summed E-state index contributed by atoms with van der Waals surface area (Å²) in [4.78, 5) is 24.0. The van der Waals surface area contributed by atoms with Gasteiger partial charge in [0.1, 0.15) is 18.0 Å². The maximum Gasteiger partial charge on any atom is 0.407 e. The molecule has 10 heteroatoms. The summed E-state index contributed by atoms with van der Waals surface area (Å²) in [5, 5.41) is 16.1. The topological polar surface area (TPSA) is 122 Å². The molecule has 2 fully saturated rings. The Hall–Kier alpha value is -2.91. The molecule has 0 aromatic carbocycles. The number of aromatic nitrogens is 3. The molecule has 0 aliphatic heterocycles. The molecule has 0 bridgehead atoms. The number of aryl methyl sites for hydroxylation is 1. The highest BCUT2D eigenvalue weighted by atomic mass is 19.1. The van der Waals surface area contributed by atoms with E-state index in [-0.39, 0.29) is 30.2 Å². The van der Waals surface area contributed by atoms with Crippen LogP contribution in [0.2, 0.25) is 0 Å². The molecule has 2 saturated carbocycles. The fraction of sp³-hybridized carbons (Fsp3) is 0.579. The molecule has 2 aliphatic carbocycles. The van der Waals surface area contributed by atoms with E-state index in [2.05, 4.69) is 26.0 Å². The number of alkyl halides is 1. The average molecular weight is 405 g/mol. The normalized spacial score (nSPS) is 24.9. The van der Waals surface area contributed by atoms with Crippen molar-refractivity contribution < 1.29 is 23.2 Å². The molecule has 3 atom stereocenters. The zero-order valence-electron chi connectivity index (χ0n) is 16.3. The highest BCUT2D eigenvalue weighted by Crippen LogP contribution is 2.38. The molecule has 156 valence electrons. The van der Waals surface area contributed by atoms with Gasteiger partial charge in [-0.15, -0.1) is 0 Å². The predicted molar refractivity (Wildman–Crippen MR) is 100 cm³/mol. The lowest BCUT2D eigenvalue weighted by Crippen LogP contribution is -2.38. The van der Waals surface area contributed by atoms with Crippen LogP contribution in [0.25, 0.3) is 0 Å². The van der Waals surface area contributed by atoms with Crippen LogP contribution in [0.15, 0.2) is 16.7 Å². The fourth-order valence-corrected chi connectivity index (χ4v) is 3.50. The van der Waals surface area contributed by atoms with Crippen LogP contribution in [0, 0.1) is 6.92 Å². The van der Waals surface area contributed by atoms with Crippen molar-refractivity contribution in [3.8, 4) is 0 Å². The summed E-state index contributed by atoms with van der Waals surface area (Å²) in [6, 6.07) is 3.37. The molecule has 0 unspecified atom stereocenters. The van der Waals surface area contributed by atoms with Gasteiger partial charge in [0, 0.05) is 29.3 Å². The molecule has 2 aromatic heterocycles. The predicted octanol–water partition coefficient (Wildman–Crippen LogP) is 2.75. The molecular weight excluding hydrogens is 381 g/mol. The monoisotopic (exact) mass is 405 g/mol. The molecule has 4 rings (SSSR count). The smallest absolute Gasteiger partial charge is 0.407 e. The van der Waals surface area contributed by atoms with E-state index in [0.29, 0.717) is 29.4 Å². The molecule has 9 nitrogen and oxygen atoms in total. The van der Waals surface area contributed by atoms with Crippen LogP contribution in [0.1, 0.15) is 55.7 Å². The van der Waals surface area contributed by atoms with Gasteiger partial charge in [0.05, 0.1) is 12.1 Å². The standard InChI is InChI=1S/C19H24FN5O4/c1-10-5-12(29-25-10)8-17(26)21-16-9-14(23-24-16)11-6-13(20)15(7-11)28-18(27)22-19(2)3-4-19/h5,9,11,13,15H,3-4,6-8H2,1-2H3,(H,22,27)(H2,21,23,24,26)/t11-,13+,15-/m1/s1. The fourth-order valence-electron chi connectivity index (χ4n) is 3.50. The number of anilines is 1. The maximum atomic E-state index is 14.4. The number of hydrogen-bond donors (Lipinski definition) is 3. The zero-order valence-corrected chi connectivity index (χ0v) is 16.3. The SMILES string of the molecule is Cc1cc(CC(=O)Nc2cc([C@@H]3C[C@H](F)[C@H](OC(=O)NC4(C)CC4)C3)[nH]n2)on1. The van der Waals surface area contributed by atoms with Gasteiger partial charge in [0.25, 0.3) is 0 Å². The molecule has 0 saturated heterocycles. The Morgan fingerprint density at radius 3 is 2.86 bits per heavy atom. The Labute approximate surface area is 166 Å². The van der Waals surface area contributed by atoms with E-state index >= 15 is 0 Å². The summed E-state index contributed by atoms with van der Waals surface area (Å²) in [5.41, 5.74) is 1.19. The number of carbonyl (C=O) groups excluding carboxylic acids is 2. The van der Waals surface area contributed by atoms with Gasteiger partial charge in [0.2, 0.25) is 5.91 Å². The second kappa shape index (κ2) is 7.49. The van der Waals surface area contributed by atoms with E-state index in [1.54, 1.807) is 19.1 Å². The number of halogens is 1. The average Bonchev–Trinajstić information content (AvgIpc) is 3.01. The molecule has 29 heavy (non-hydrogen) atoms. The second-order valence-corrected chi connectivity index (χ2v) is 8.18. The van der Waals surface area contributed by atoms with Gasteiger partial charge < -0.3 is 19.9 Å². The van der Waals surface area contributed by atoms with E-state index in [1.165, 1.54) is 0 Å². The number of nitrogens with one attached hydrogen (secondary N) is 3. The molecule has 2 aliphatic rings. The van der Waals surface area contributed by atoms with Crippen LogP contribution in [0.4, 0.5) is 15.0 Å². The Morgan fingerprint density at radius 2 is 2.17 bits per heavy atom.